The molecule has 3 atom stereocenters. The van der Waals surface area contributed by atoms with Crippen LogP contribution in [-0.4, -0.2) is 48.1 Å². The second-order valence-corrected chi connectivity index (χ2v) is 7.38. The molecule has 1 aromatic carbocycles. The number of rotatable bonds is 5. The van der Waals surface area contributed by atoms with Gasteiger partial charge in [0, 0.05) is 49.0 Å². The first-order valence-corrected chi connectivity index (χ1v) is 9.38. The third kappa shape index (κ3) is 3.58. The van der Waals surface area contributed by atoms with Gasteiger partial charge in [0.1, 0.15) is 11.5 Å². The Labute approximate surface area is 149 Å². The Bertz CT molecular complexity index is 740. The van der Waals surface area contributed by atoms with Crippen LogP contribution in [0.2, 0.25) is 0 Å². The standard InChI is InChI=1S/C18H20FN3O2S/c19-15-4-2-1-3-12(15)6-22-7-14-13(9-24-17(14)8-22)5-20-18(23)16-10-25-11-21-16/h1-4,10-11,13-14,17H,5-9H2,(H,20,23)/t13-,14-,17-/m1/s1. The number of amides is 1. The van der Waals surface area contributed by atoms with Crippen LogP contribution in [0.15, 0.2) is 35.2 Å². The monoisotopic (exact) mass is 361 g/mol. The summed E-state index contributed by atoms with van der Waals surface area (Å²) in [6, 6.07) is 6.90. The summed E-state index contributed by atoms with van der Waals surface area (Å²) < 4.78 is 19.8. The van der Waals surface area contributed by atoms with Gasteiger partial charge in [-0.25, -0.2) is 9.37 Å². The molecule has 2 aromatic rings. The molecule has 7 heteroatoms. The zero-order valence-electron chi connectivity index (χ0n) is 13.7. The number of carbonyl (C=O) groups is 1. The first-order chi connectivity index (χ1) is 12.2. The molecule has 0 bridgehead atoms. The zero-order valence-corrected chi connectivity index (χ0v) is 14.5. The van der Waals surface area contributed by atoms with E-state index in [9.17, 15) is 9.18 Å². The van der Waals surface area contributed by atoms with E-state index >= 15 is 0 Å². The number of carbonyl (C=O) groups excluding carboxylic acids is 1. The Balaban J connectivity index is 1.32. The lowest BCUT2D eigenvalue weighted by Gasteiger charge is -2.20. The highest BCUT2D eigenvalue weighted by atomic mass is 32.1. The van der Waals surface area contributed by atoms with Gasteiger partial charge in [-0.05, 0) is 6.07 Å². The molecule has 1 amide bonds. The van der Waals surface area contributed by atoms with Crippen molar-refractivity contribution in [3.8, 4) is 0 Å². The van der Waals surface area contributed by atoms with Gasteiger partial charge in [0.25, 0.3) is 5.91 Å². The number of nitrogens with one attached hydrogen (secondary N) is 1. The van der Waals surface area contributed by atoms with Crippen molar-refractivity contribution in [2.24, 2.45) is 11.8 Å². The molecular weight excluding hydrogens is 341 g/mol. The van der Waals surface area contributed by atoms with E-state index in [1.165, 1.54) is 17.4 Å². The Morgan fingerprint density at radius 2 is 2.28 bits per heavy atom. The van der Waals surface area contributed by atoms with Crippen molar-refractivity contribution < 1.29 is 13.9 Å². The second-order valence-electron chi connectivity index (χ2n) is 6.66. The molecule has 0 radical (unpaired) electrons. The van der Waals surface area contributed by atoms with Crippen LogP contribution in [0, 0.1) is 17.7 Å². The van der Waals surface area contributed by atoms with E-state index in [4.69, 9.17) is 4.74 Å². The van der Waals surface area contributed by atoms with Crippen LogP contribution in [0.25, 0.3) is 0 Å². The molecule has 5 nitrogen and oxygen atoms in total. The van der Waals surface area contributed by atoms with Crippen LogP contribution in [0.3, 0.4) is 0 Å². The number of halogens is 1. The van der Waals surface area contributed by atoms with Gasteiger partial charge in [0.2, 0.25) is 0 Å². The largest absolute Gasteiger partial charge is 0.376 e. The van der Waals surface area contributed by atoms with Crippen LogP contribution < -0.4 is 5.32 Å². The highest BCUT2D eigenvalue weighted by molar-refractivity contribution is 7.07. The quantitative estimate of drug-likeness (QED) is 0.887. The lowest BCUT2D eigenvalue weighted by Crippen LogP contribution is -2.34. The number of aromatic nitrogens is 1. The number of benzene rings is 1. The number of likely N-dealkylation sites (tertiary alicyclic amines) is 1. The van der Waals surface area contributed by atoms with E-state index in [1.807, 2.05) is 12.1 Å². The number of nitrogens with zero attached hydrogens (tertiary/aromatic N) is 2. The van der Waals surface area contributed by atoms with Crippen molar-refractivity contribution in [3.05, 3.63) is 52.2 Å². The third-order valence-corrected chi connectivity index (χ3v) is 5.64. The normalized spacial score (nSPS) is 25.9. The molecular formula is C18H20FN3O2S. The number of fused-ring (bicyclic) bond motifs is 1. The van der Waals surface area contributed by atoms with Gasteiger partial charge in [-0.2, -0.15) is 0 Å². The van der Waals surface area contributed by atoms with Crippen molar-refractivity contribution in [2.75, 3.05) is 26.2 Å². The molecule has 2 aliphatic heterocycles. The zero-order chi connectivity index (χ0) is 17.2. The van der Waals surface area contributed by atoms with E-state index in [0.29, 0.717) is 37.2 Å². The minimum absolute atomic E-state index is 0.133. The van der Waals surface area contributed by atoms with Gasteiger partial charge in [0.15, 0.2) is 0 Å². The van der Waals surface area contributed by atoms with Crippen LogP contribution in [0.5, 0.6) is 0 Å². The maximum atomic E-state index is 13.8. The number of hydrogen-bond acceptors (Lipinski definition) is 5. The summed E-state index contributed by atoms with van der Waals surface area (Å²) in [5, 5.41) is 4.71. The molecule has 0 unspecified atom stereocenters. The fraction of sp³-hybridized carbons (Fsp3) is 0.444. The van der Waals surface area contributed by atoms with E-state index in [2.05, 4.69) is 15.2 Å². The molecule has 0 aliphatic carbocycles. The van der Waals surface area contributed by atoms with E-state index in [0.717, 1.165) is 18.7 Å². The average Bonchev–Trinajstić information content (AvgIpc) is 3.32. The molecule has 1 aromatic heterocycles. The first kappa shape index (κ1) is 16.6. The number of hydrogen-bond donors (Lipinski definition) is 1. The van der Waals surface area contributed by atoms with Crippen molar-refractivity contribution in [1.29, 1.82) is 0 Å². The van der Waals surface area contributed by atoms with Crippen molar-refractivity contribution in [2.45, 2.75) is 12.6 Å². The maximum absolute atomic E-state index is 13.8. The van der Waals surface area contributed by atoms with Gasteiger partial charge in [-0.1, -0.05) is 18.2 Å². The molecule has 2 saturated heterocycles. The van der Waals surface area contributed by atoms with Crippen LogP contribution in [-0.2, 0) is 11.3 Å². The fourth-order valence-electron chi connectivity index (χ4n) is 3.73. The van der Waals surface area contributed by atoms with Crippen LogP contribution in [0.1, 0.15) is 16.1 Å². The highest BCUT2D eigenvalue weighted by Crippen LogP contribution is 2.34. The van der Waals surface area contributed by atoms with E-state index in [-0.39, 0.29) is 17.8 Å². The molecule has 2 fully saturated rings. The van der Waals surface area contributed by atoms with Gasteiger partial charge >= 0.3 is 0 Å². The summed E-state index contributed by atoms with van der Waals surface area (Å²) in [6.45, 7) is 3.54. The summed E-state index contributed by atoms with van der Waals surface area (Å²) in [5.41, 5.74) is 2.84. The molecule has 3 heterocycles. The molecule has 0 spiro atoms. The predicted molar refractivity (Wildman–Crippen MR) is 92.8 cm³/mol. The van der Waals surface area contributed by atoms with E-state index in [1.54, 1.807) is 17.0 Å². The summed E-state index contributed by atoms with van der Waals surface area (Å²) in [4.78, 5) is 18.3. The SMILES string of the molecule is O=C(NC[C@@H]1CO[C@@H]2CN(Cc3ccccc3F)C[C@H]12)c1cscn1. The fourth-order valence-corrected chi connectivity index (χ4v) is 4.26. The number of thiazole rings is 1. The van der Waals surface area contributed by atoms with Crippen LogP contribution in [0.4, 0.5) is 4.39 Å². The molecule has 4 rings (SSSR count). The van der Waals surface area contributed by atoms with Crippen molar-refractivity contribution in [1.82, 2.24) is 15.2 Å². The molecule has 0 saturated carbocycles. The smallest absolute Gasteiger partial charge is 0.270 e. The van der Waals surface area contributed by atoms with Gasteiger partial charge in [-0.3, -0.25) is 9.69 Å². The molecule has 25 heavy (non-hydrogen) atoms. The van der Waals surface area contributed by atoms with Crippen LogP contribution >= 0.6 is 11.3 Å². The maximum Gasteiger partial charge on any atom is 0.270 e. The third-order valence-electron chi connectivity index (χ3n) is 5.06. The Morgan fingerprint density at radius 3 is 3.08 bits per heavy atom. The topological polar surface area (TPSA) is 54.5 Å². The Kier molecular flexibility index (Phi) is 4.78. The summed E-state index contributed by atoms with van der Waals surface area (Å²) in [6.07, 6.45) is 0.174. The number of ether oxygens (including phenoxy) is 1. The first-order valence-electron chi connectivity index (χ1n) is 8.44. The lowest BCUT2D eigenvalue weighted by atomic mass is 9.93. The Morgan fingerprint density at radius 1 is 1.40 bits per heavy atom. The lowest BCUT2D eigenvalue weighted by molar-refractivity contribution is 0.0900. The minimum Gasteiger partial charge on any atom is -0.376 e. The van der Waals surface area contributed by atoms with Gasteiger partial charge < -0.3 is 10.1 Å². The Hall–Kier alpha value is -1.83. The summed E-state index contributed by atoms with van der Waals surface area (Å²) in [7, 11) is 0. The van der Waals surface area contributed by atoms with Gasteiger partial charge in [0.05, 0.1) is 18.2 Å². The predicted octanol–water partition coefficient (Wildman–Crippen LogP) is 2.16. The summed E-state index contributed by atoms with van der Waals surface area (Å²) in [5.74, 6) is 0.374. The second kappa shape index (κ2) is 7.19. The van der Waals surface area contributed by atoms with E-state index < -0.39 is 0 Å². The average molecular weight is 361 g/mol. The molecule has 132 valence electrons. The van der Waals surface area contributed by atoms with Crippen molar-refractivity contribution >= 4 is 17.2 Å². The van der Waals surface area contributed by atoms with Gasteiger partial charge in [-0.15, -0.1) is 11.3 Å². The molecule has 1 N–H and O–H groups in total. The minimum atomic E-state index is -0.160. The molecule has 2 aliphatic rings. The van der Waals surface area contributed by atoms with Crippen molar-refractivity contribution in [3.63, 3.8) is 0 Å². The summed E-state index contributed by atoms with van der Waals surface area (Å²) >= 11 is 1.41. The highest BCUT2D eigenvalue weighted by Gasteiger charge is 2.43.